The van der Waals surface area contributed by atoms with Crippen LogP contribution in [0.2, 0.25) is 0 Å². The number of benzene rings is 2. The van der Waals surface area contributed by atoms with Crippen molar-refractivity contribution in [1.29, 1.82) is 0 Å². The van der Waals surface area contributed by atoms with Gasteiger partial charge in [-0.2, -0.15) is 0 Å². The van der Waals surface area contributed by atoms with Gasteiger partial charge < -0.3 is 0 Å². The van der Waals surface area contributed by atoms with Gasteiger partial charge in [-0.05, 0) is 35.9 Å². The first-order chi connectivity index (χ1) is 13.0. The second-order valence-corrected chi connectivity index (χ2v) is 6.98. The first-order valence-electron chi connectivity index (χ1n) is 8.03. The van der Waals surface area contributed by atoms with E-state index in [4.69, 9.17) is 0 Å². The van der Waals surface area contributed by atoms with E-state index in [1.165, 1.54) is 28.0 Å². The number of fused-ring (bicyclic) bond motifs is 1. The Kier molecular flexibility index (Phi) is 3.97. The van der Waals surface area contributed by atoms with Crippen LogP contribution in [0.5, 0.6) is 0 Å². The highest BCUT2D eigenvalue weighted by Crippen LogP contribution is 2.32. The van der Waals surface area contributed by atoms with E-state index in [0.29, 0.717) is 15.9 Å². The molecule has 4 rings (SSSR count). The minimum absolute atomic E-state index is 0.00121. The predicted octanol–water partition coefficient (Wildman–Crippen LogP) is 3.33. The van der Waals surface area contributed by atoms with Crippen LogP contribution in [-0.2, 0) is 7.05 Å². The Morgan fingerprint density at radius 1 is 1.00 bits per heavy atom. The van der Waals surface area contributed by atoms with E-state index in [9.17, 15) is 19.7 Å². The van der Waals surface area contributed by atoms with Crippen LogP contribution in [0.25, 0.3) is 26.3 Å². The maximum absolute atomic E-state index is 13.0. The highest BCUT2D eigenvalue weighted by molar-refractivity contribution is 7.21. The maximum Gasteiger partial charge on any atom is 0.336 e. The number of hydrogen-bond donors (Lipinski definition) is 0. The van der Waals surface area contributed by atoms with Crippen LogP contribution in [0, 0.1) is 10.1 Å². The third-order valence-corrected chi connectivity index (χ3v) is 5.57. The second-order valence-electron chi connectivity index (χ2n) is 5.95. The molecule has 2 aromatic heterocycles. The standard InChI is InChI=1S/C19H13N3O4S/c1-20-18-15(17(23)21(19(20)24)13-5-3-2-4-6-13)11-16(27-18)12-7-9-14(10-8-12)22(25)26/h2-11H,1H3. The van der Waals surface area contributed by atoms with Crippen molar-refractivity contribution in [2.75, 3.05) is 0 Å². The van der Waals surface area contributed by atoms with Crippen LogP contribution in [0.4, 0.5) is 5.69 Å². The zero-order chi connectivity index (χ0) is 19.1. The molecule has 0 amide bonds. The fourth-order valence-corrected chi connectivity index (χ4v) is 4.03. The molecule has 8 heteroatoms. The van der Waals surface area contributed by atoms with Crippen LogP contribution in [0.3, 0.4) is 0 Å². The minimum Gasteiger partial charge on any atom is -0.287 e. The molecule has 134 valence electrons. The van der Waals surface area contributed by atoms with Gasteiger partial charge in [-0.3, -0.25) is 19.5 Å². The van der Waals surface area contributed by atoms with Crippen molar-refractivity contribution in [3.05, 3.63) is 91.6 Å². The van der Waals surface area contributed by atoms with Crippen molar-refractivity contribution in [3.8, 4) is 16.1 Å². The van der Waals surface area contributed by atoms with E-state index in [-0.39, 0.29) is 11.2 Å². The fourth-order valence-electron chi connectivity index (χ4n) is 2.92. The number of non-ortho nitro benzene ring substituents is 1. The van der Waals surface area contributed by atoms with Crippen LogP contribution in [-0.4, -0.2) is 14.1 Å². The first-order valence-corrected chi connectivity index (χ1v) is 8.85. The normalized spacial score (nSPS) is 11.0. The lowest BCUT2D eigenvalue weighted by Gasteiger charge is -2.07. The number of nitro benzene ring substituents is 1. The number of rotatable bonds is 3. The van der Waals surface area contributed by atoms with Gasteiger partial charge in [0.25, 0.3) is 11.2 Å². The van der Waals surface area contributed by atoms with Crippen molar-refractivity contribution < 1.29 is 4.92 Å². The predicted molar refractivity (Wildman–Crippen MR) is 105 cm³/mol. The Morgan fingerprint density at radius 2 is 1.67 bits per heavy atom. The van der Waals surface area contributed by atoms with Gasteiger partial charge in [-0.15, -0.1) is 11.3 Å². The van der Waals surface area contributed by atoms with Gasteiger partial charge >= 0.3 is 5.69 Å². The molecule has 0 spiro atoms. The zero-order valence-corrected chi connectivity index (χ0v) is 15.0. The second kappa shape index (κ2) is 6.33. The van der Waals surface area contributed by atoms with E-state index in [1.807, 2.05) is 6.07 Å². The molecule has 2 aromatic carbocycles. The van der Waals surface area contributed by atoms with Gasteiger partial charge in [0.1, 0.15) is 4.83 Å². The number of aryl methyl sites for hydroxylation is 1. The SMILES string of the molecule is Cn1c(=O)n(-c2ccccc2)c(=O)c2cc(-c3ccc([N+](=O)[O-])cc3)sc21. The van der Waals surface area contributed by atoms with Crippen LogP contribution in [0.15, 0.2) is 70.3 Å². The molecule has 2 heterocycles. The summed E-state index contributed by atoms with van der Waals surface area (Å²) in [7, 11) is 1.62. The van der Waals surface area contributed by atoms with Gasteiger partial charge in [0.05, 0.1) is 16.0 Å². The number of thiophene rings is 1. The molecular formula is C19H13N3O4S. The summed E-state index contributed by atoms with van der Waals surface area (Å²) in [6, 6.07) is 16.6. The van der Waals surface area contributed by atoms with Crippen LogP contribution in [0.1, 0.15) is 0 Å². The molecule has 27 heavy (non-hydrogen) atoms. The molecule has 0 aliphatic heterocycles. The largest absolute Gasteiger partial charge is 0.336 e. The quantitative estimate of drug-likeness (QED) is 0.404. The summed E-state index contributed by atoms with van der Waals surface area (Å²) in [4.78, 5) is 37.4. The van der Waals surface area contributed by atoms with Crippen molar-refractivity contribution in [2.45, 2.75) is 0 Å². The Bertz CT molecular complexity index is 1290. The molecule has 0 bridgehead atoms. The Hall–Kier alpha value is -3.52. The highest BCUT2D eigenvalue weighted by atomic mass is 32.1. The van der Waals surface area contributed by atoms with E-state index < -0.39 is 10.6 Å². The van der Waals surface area contributed by atoms with Gasteiger partial charge in [-0.25, -0.2) is 9.36 Å². The first kappa shape index (κ1) is 16.9. The summed E-state index contributed by atoms with van der Waals surface area (Å²) < 4.78 is 2.60. The summed E-state index contributed by atoms with van der Waals surface area (Å²) in [5.74, 6) is 0. The average molecular weight is 379 g/mol. The summed E-state index contributed by atoms with van der Waals surface area (Å²) in [5, 5.41) is 11.2. The summed E-state index contributed by atoms with van der Waals surface area (Å²) in [5.41, 5.74) is 0.450. The Balaban J connectivity index is 1.94. The molecule has 0 unspecified atom stereocenters. The van der Waals surface area contributed by atoms with Gasteiger partial charge in [0.2, 0.25) is 0 Å². The maximum atomic E-state index is 13.0. The number of hydrogen-bond acceptors (Lipinski definition) is 5. The van der Waals surface area contributed by atoms with Gasteiger partial charge in [0.15, 0.2) is 0 Å². The monoisotopic (exact) mass is 379 g/mol. The molecule has 0 radical (unpaired) electrons. The molecule has 0 saturated carbocycles. The summed E-state index contributed by atoms with van der Waals surface area (Å²) in [6.45, 7) is 0. The third-order valence-electron chi connectivity index (χ3n) is 4.31. The molecule has 0 fully saturated rings. The van der Waals surface area contributed by atoms with Crippen LogP contribution >= 0.6 is 11.3 Å². The third kappa shape index (κ3) is 2.76. The zero-order valence-electron chi connectivity index (χ0n) is 14.2. The smallest absolute Gasteiger partial charge is 0.287 e. The molecule has 0 aliphatic rings. The summed E-state index contributed by atoms with van der Waals surface area (Å²) in [6.07, 6.45) is 0. The van der Waals surface area contributed by atoms with Gasteiger partial charge in [-0.1, -0.05) is 18.2 Å². The van der Waals surface area contributed by atoms with E-state index >= 15 is 0 Å². The lowest BCUT2D eigenvalue weighted by molar-refractivity contribution is -0.384. The van der Waals surface area contributed by atoms with Crippen LogP contribution < -0.4 is 11.2 Å². The molecule has 0 N–H and O–H groups in total. The minimum atomic E-state index is -0.461. The molecule has 0 aliphatic carbocycles. The van der Waals surface area contributed by atoms with E-state index in [0.717, 1.165) is 15.0 Å². The lowest BCUT2D eigenvalue weighted by Crippen LogP contribution is -2.37. The molecule has 0 atom stereocenters. The van der Waals surface area contributed by atoms with Crippen molar-refractivity contribution >= 4 is 27.2 Å². The highest BCUT2D eigenvalue weighted by Gasteiger charge is 2.16. The van der Waals surface area contributed by atoms with E-state index in [2.05, 4.69) is 0 Å². The fraction of sp³-hybridized carbons (Fsp3) is 0.0526. The number of nitro groups is 1. The van der Waals surface area contributed by atoms with Gasteiger partial charge in [0, 0.05) is 24.1 Å². The number of nitrogens with zero attached hydrogens (tertiary/aromatic N) is 3. The lowest BCUT2D eigenvalue weighted by atomic mass is 10.1. The van der Waals surface area contributed by atoms with E-state index in [1.54, 1.807) is 49.5 Å². The molecule has 7 nitrogen and oxygen atoms in total. The average Bonchev–Trinajstić information content (AvgIpc) is 3.13. The topological polar surface area (TPSA) is 87.1 Å². The molecular weight excluding hydrogens is 366 g/mol. The van der Waals surface area contributed by atoms with Crippen molar-refractivity contribution in [1.82, 2.24) is 9.13 Å². The number of para-hydroxylation sites is 1. The number of aromatic nitrogens is 2. The summed E-state index contributed by atoms with van der Waals surface area (Å²) >= 11 is 1.30. The van der Waals surface area contributed by atoms with Crippen molar-refractivity contribution in [3.63, 3.8) is 0 Å². The Morgan fingerprint density at radius 3 is 2.30 bits per heavy atom. The Labute approximate surface area is 156 Å². The van der Waals surface area contributed by atoms with Crippen molar-refractivity contribution in [2.24, 2.45) is 7.05 Å². The molecule has 4 aromatic rings. The molecule has 0 saturated heterocycles.